The molecule has 174 valence electrons. The summed E-state index contributed by atoms with van der Waals surface area (Å²) in [6.45, 7) is 2.53. The number of carbonyl (C=O) groups is 1. The molecule has 0 aliphatic carbocycles. The van der Waals surface area contributed by atoms with E-state index in [4.69, 9.17) is 6.63 Å². The van der Waals surface area contributed by atoms with Gasteiger partial charge < -0.3 is 15.1 Å². The number of hydrogen-bond acceptors (Lipinski definition) is 5. The van der Waals surface area contributed by atoms with Gasteiger partial charge in [-0.25, -0.2) is 4.98 Å². The second-order valence-corrected chi connectivity index (χ2v) is 8.34. The van der Waals surface area contributed by atoms with Crippen LogP contribution in [-0.2, 0) is 11.0 Å². The van der Waals surface area contributed by atoms with Gasteiger partial charge in [-0.3, -0.25) is 4.79 Å². The summed E-state index contributed by atoms with van der Waals surface area (Å²) in [4.78, 5) is 21.1. The molecule has 1 amide bonds. The van der Waals surface area contributed by atoms with E-state index >= 15 is 0 Å². The molecule has 1 aromatic heterocycles. The van der Waals surface area contributed by atoms with Crippen LogP contribution in [0.2, 0.25) is 0 Å². The molecule has 0 atom stereocenters. The van der Waals surface area contributed by atoms with Gasteiger partial charge in [-0.05, 0) is 62.4 Å². The molecule has 2 aliphatic heterocycles. The van der Waals surface area contributed by atoms with Crippen LogP contribution < -0.4 is 15.1 Å². The summed E-state index contributed by atoms with van der Waals surface area (Å²) in [6.07, 6.45) is -0.196. The molecule has 1 N–H and O–H groups in total. The summed E-state index contributed by atoms with van der Waals surface area (Å²) in [5.41, 5.74) is 0.0339. The molecule has 0 spiro atoms. The number of carbonyl (C=O) groups excluding carboxylic acids is 1. The Morgan fingerprint density at radius 1 is 1.09 bits per heavy atom. The van der Waals surface area contributed by atoms with Crippen LogP contribution in [0, 0.1) is 17.2 Å². The fraction of sp³-hybridized carbons (Fsp3) is 0.458. The second kappa shape index (κ2) is 9.69. The molecule has 4 rings (SSSR count). The molecular weight excluding hydrogens is 431 g/mol. The number of alkyl halides is 3. The van der Waals surface area contributed by atoms with Gasteiger partial charge >= 0.3 is 6.18 Å². The number of aromatic nitrogens is 1. The average Bonchev–Trinajstić information content (AvgIpc) is 2.84. The number of nitriles is 1. The molecule has 33 heavy (non-hydrogen) atoms. The van der Waals surface area contributed by atoms with Crippen LogP contribution in [0.4, 0.5) is 30.4 Å². The molecule has 2 aliphatic rings. The smallest absolute Gasteiger partial charge is 0.371 e. The van der Waals surface area contributed by atoms with Gasteiger partial charge in [0.05, 0.1) is 29.1 Å². The lowest BCUT2D eigenvalue weighted by molar-refractivity contribution is -0.137. The normalized spacial score (nSPS) is 18.5. The molecule has 1 aromatic carbocycles. The maximum absolute atomic E-state index is 13.3. The van der Waals surface area contributed by atoms with E-state index in [1.54, 1.807) is 18.3 Å². The summed E-state index contributed by atoms with van der Waals surface area (Å²) in [5, 5.41) is 11.8. The van der Waals surface area contributed by atoms with Crippen LogP contribution in [-0.4, -0.2) is 37.1 Å². The van der Waals surface area contributed by atoms with Crippen LogP contribution in [0.15, 0.2) is 36.5 Å². The van der Waals surface area contributed by atoms with Crippen LogP contribution in [0.25, 0.3) is 0 Å². The first-order chi connectivity index (χ1) is 16.2. The summed E-state index contributed by atoms with van der Waals surface area (Å²) < 4.78 is 47.6. The van der Waals surface area contributed by atoms with Crippen LogP contribution in [0.5, 0.6) is 0 Å². The van der Waals surface area contributed by atoms with Gasteiger partial charge in [0.25, 0.3) is 0 Å². The van der Waals surface area contributed by atoms with E-state index in [0.29, 0.717) is 37.4 Å². The maximum Gasteiger partial charge on any atom is 0.417 e. The second-order valence-electron chi connectivity index (χ2n) is 8.34. The molecule has 2 saturated heterocycles. The highest BCUT2D eigenvalue weighted by molar-refractivity contribution is 5.92. The summed E-state index contributed by atoms with van der Waals surface area (Å²) in [6, 6.07) is 9.00. The van der Waals surface area contributed by atoms with Crippen molar-refractivity contribution in [2.45, 2.75) is 38.3 Å². The van der Waals surface area contributed by atoms with Crippen molar-refractivity contribution in [3.63, 3.8) is 0 Å². The zero-order valence-electron chi connectivity index (χ0n) is 19.1. The molecule has 3 heterocycles. The van der Waals surface area contributed by atoms with E-state index in [1.165, 1.54) is 12.1 Å². The predicted molar refractivity (Wildman–Crippen MR) is 120 cm³/mol. The van der Waals surface area contributed by atoms with Crippen LogP contribution >= 0.6 is 0 Å². The number of benzene rings is 1. The number of pyridine rings is 1. The Morgan fingerprint density at radius 3 is 2.36 bits per heavy atom. The Labute approximate surface area is 192 Å². The van der Waals surface area contributed by atoms with Crippen molar-refractivity contribution < 1.29 is 19.3 Å². The highest BCUT2D eigenvalue weighted by Crippen LogP contribution is 2.35. The highest BCUT2D eigenvalue weighted by Gasteiger charge is 2.35. The Balaban J connectivity index is 1.32. The number of halogens is 3. The van der Waals surface area contributed by atoms with Crippen molar-refractivity contribution in [3.8, 4) is 6.07 Å². The number of hydrogen-bond donors (Lipinski definition) is 1. The van der Waals surface area contributed by atoms with E-state index < -0.39 is 17.3 Å². The van der Waals surface area contributed by atoms with E-state index in [1.807, 2.05) is 11.0 Å². The maximum atomic E-state index is 13.3. The number of nitrogens with zero attached hydrogens (tertiary/aromatic N) is 4. The third-order valence-corrected chi connectivity index (χ3v) is 6.23. The number of nitrogens with one attached hydrogen (secondary N) is 1. The Morgan fingerprint density at radius 2 is 1.76 bits per heavy atom. The number of rotatable bonds is 4. The monoisotopic (exact) mass is 458 g/mol. The number of anilines is 3. The van der Waals surface area contributed by atoms with Gasteiger partial charge in [0, 0.05) is 39.2 Å². The van der Waals surface area contributed by atoms with E-state index in [0.717, 1.165) is 37.7 Å². The standard InChI is InChI=1S/C24H26F3N5O/c25-24(26,27)21-14-19(5-4-18(21)15-28)32-12-8-17(9-13-32)23(33)30-22-7-6-20(16-29-22)31-10-2-1-3-11-31/h4-7,14,16-17H,1-3,8-13H2,(H,29,30,33)/i1D. The summed E-state index contributed by atoms with van der Waals surface area (Å²) in [7, 11) is 0. The summed E-state index contributed by atoms with van der Waals surface area (Å²) >= 11 is 0. The minimum Gasteiger partial charge on any atom is -0.371 e. The number of amides is 1. The van der Waals surface area contributed by atoms with E-state index in [9.17, 15) is 18.0 Å². The first kappa shape index (κ1) is 21.6. The zero-order chi connectivity index (χ0) is 24.3. The van der Waals surface area contributed by atoms with Gasteiger partial charge in [0.15, 0.2) is 0 Å². The van der Waals surface area contributed by atoms with Crippen molar-refractivity contribution in [3.05, 3.63) is 47.7 Å². The largest absolute Gasteiger partial charge is 0.417 e. The van der Waals surface area contributed by atoms with Crippen molar-refractivity contribution in [1.82, 2.24) is 4.98 Å². The first-order valence-corrected chi connectivity index (χ1v) is 11.0. The molecule has 2 fully saturated rings. The Bertz CT molecular complexity index is 1050. The fourth-order valence-electron chi connectivity index (χ4n) is 4.34. The van der Waals surface area contributed by atoms with Gasteiger partial charge in [-0.15, -0.1) is 0 Å². The van der Waals surface area contributed by atoms with Crippen molar-refractivity contribution >= 4 is 23.1 Å². The number of piperidine rings is 2. The lowest BCUT2D eigenvalue weighted by Gasteiger charge is -2.33. The lowest BCUT2D eigenvalue weighted by atomic mass is 9.95. The Hall–Kier alpha value is -3.28. The van der Waals surface area contributed by atoms with Gasteiger partial charge in [-0.1, -0.05) is 0 Å². The van der Waals surface area contributed by atoms with Gasteiger partial charge in [-0.2, -0.15) is 18.4 Å². The quantitative estimate of drug-likeness (QED) is 0.712. The first-order valence-electron chi connectivity index (χ1n) is 11.6. The Kier molecular flexibility index (Phi) is 6.33. The fourth-order valence-corrected chi connectivity index (χ4v) is 4.34. The molecule has 0 unspecified atom stereocenters. The predicted octanol–water partition coefficient (Wildman–Crippen LogP) is 4.82. The molecule has 2 aromatic rings. The third kappa shape index (κ3) is 5.38. The topological polar surface area (TPSA) is 72.3 Å². The molecule has 0 bridgehead atoms. The van der Waals surface area contributed by atoms with Crippen LogP contribution in [0.3, 0.4) is 0 Å². The van der Waals surface area contributed by atoms with E-state index in [-0.39, 0.29) is 18.2 Å². The van der Waals surface area contributed by atoms with Crippen LogP contribution in [0.1, 0.15) is 44.6 Å². The molecule has 6 nitrogen and oxygen atoms in total. The van der Waals surface area contributed by atoms with Crippen molar-refractivity contribution in [1.29, 1.82) is 5.26 Å². The van der Waals surface area contributed by atoms with E-state index in [2.05, 4.69) is 15.2 Å². The summed E-state index contributed by atoms with van der Waals surface area (Å²) in [5.74, 6) is 0.0634. The molecule has 0 radical (unpaired) electrons. The molecular formula is C24H26F3N5O. The lowest BCUT2D eigenvalue weighted by Crippen LogP contribution is -2.38. The highest BCUT2D eigenvalue weighted by atomic mass is 19.4. The van der Waals surface area contributed by atoms with Crippen molar-refractivity contribution in [2.75, 3.05) is 41.3 Å². The van der Waals surface area contributed by atoms with Gasteiger partial charge in [0.1, 0.15) is 5.82 Å². The molecule has 0 saturated carbocycles. The minimum atomic E-state index is -4.60. The van der Waals surface area contributed by atoms with Gasteiger partial charge in [0.2, 0.25) is 5.91 Å². The molecule has 9 heteroatoms. The zero-order valence-corrected chi connectivity index (χ0v) is 18.1. The average molecular weight is 459 g/mol. The SMILES string of the molecule is [2H]C1CCN(c2ccc(NC(=O)C3CCN(c4ccc(C#N)c(C(F)(F)F)c4)CC3)nc2)CC1. The third-order valence-electron chi connectivity index (χ3n) is 6.23. The minimum absolute atomic E-state index is 0.00205. The van der Waals surface area contributed by atoms with Crippen molar-refractivity contribution in [2.24, 2.45) is 5.92 Å².